The van der Waals surface area contributed by atoms with Crippen molar-refractivity contribution in [2.75, 3.05) is 11.9 Å². The molecule has 1 aliphatic heterocycles. The summed E-state index contributed by atoms with van der Waals surface area (Å²) >= 11 is 0. The van der Waals surface area contributed by atoms with Crippen molar-refractivity contribution in [1.29, 1.82) is 0 Å². The van der Waals surface area contributed by atoms with Crippen molar-refractivity contribution >= 4 is 24.3 Å². The van der Waals surface area contributed by atoms with Gasteiger partial charge in [-0.05, 0) is 26.0 Å². The number of aromatic hydroxyl groups is 1. The number of aromatic nitrogens is 2. The lowest BCUT2D eigenvalue weighted by Gasteiger charge is -2.23. The van der Waals surface area contributed by atoms with E-state index in [0.717, 1.165) is 0 Å². The number of hydrogen-bond acceptors (Lipinski definition) is 5. The van der Waals surface area contributed by atoms with Gasteiger partial charge in [0.1, 0.15) is 5.56 Å². The third-order valence-electron chi connectivity index (χ3n) is 3.87. The highest BCUT2D eigenvalue weighted by atomic mass is 31.2. The van der Waals surface area contributed by atoms with Crippen LogP contribution in [0.4, 0.5) is 5.69 Å². The van der Waals surface area contributed by atoms with E-state index < -0.39 is 13.1 Å². The highest BCUT2D eigenvalue weighted by Gasteiger charge is 2.35. The molecule has 0 spiro atoms. The molecule has 128 valence electrons. The first kappa shape index (κ1) is 16.5. The number of amidine groups is 1. The summed E-state index contributed by atoms with van der Waals surface area (Å²) in [5.41, 5.74) is 0.116. The second kappa shape index (κ2) is 5.96. The van der Waals surface area contributed by atoms with Gasteiger partial charge in [-0.15, -0.1) is 0 Å². The van der Waals surface area contributed by atoms with Gasteiger partial charge in [0, 0.05) is 13.6 Å². The molecule has 0 saturated heterocycles. The van der Waals surface area contributed by atoms with Gasteiger partial charge < -0.3 is 14.9 Å². The summed E-state index contributed by atoms with van der Waals surface area (Å²) in [6.45, 7) is 4.11. The smallest absolute Gasteiger partial charge is 0.348 e. The largest absolute Gasteiger partial charge is 0.493 e. The number of nitrogens with one attached hydrogen (secondary N) is 1. The van der Waals surface area contributed by atoms with Crippen LogP contribution in [0.25, 0.3) is 0 Å². The van der Waals surface area contributed by atoms with Crippen LogP contribution in [-0.4, -0.2) is 26.9 Å². The fourth-order valence-corrected chi connectivity index (χ4v) is 4.53. The van der Waals surface area contributed by atoms with E-state index in [0.29, 0.717) is 17.5 Å². The zero-order chi connectivity index (χ0) is 17.5. The lowest BCUT2D eigenvalue weighted by molar-refractivity contribution is 0.341. The van der Waals surface area contributed by atoms with Gasteiger partial charge in [-0.2, -0.15) is 4.76 Å². The maximum Gasteiger partial charge on any atom is 0.348 e. The van der Waals surface area contributed by atoms with E-state index in [1.165, 1.54) is 9.36 Å². The van der Waals surface area contributed by atoms with Gasteiger partial charge in [-0.3, -0.25) is 14.0 Å². The Hall–Kier alpha value is -2.31. The average molecular weight is 350 g/mol. The molecule has 0 fully saturated rings. The van der Waals surface area contributed by atoms with Crippen LogP contribution >= 0.6 is 7.52 Å². The molecule has 0 radical (unpaired) electrons. The quantitative estimate of drug-likeness (QED) is 0.817. The predicted octanol–water partition coefficient (Wildman–Crippen LogP) is 1.64. The van der Waals surface area contributed by atoms with Gasteiger partial charge in [0.2, 0.25) is 5.88 Å². The van der Waals surface area contributed by atoms with E-state index in [2.05, 4.69) is 10.1 Å². The van der Waals surface area contributed by atoms with Crippen LogP contribution in [0.5, 0.6) is 5.88 Å². The Morgan fingerprint density at radius 2 is 2.04 bits per heavy atom. The molecule has 1 aromatic carbocycles. The number of fused-ring (bicyclic) bond motifs is 1. The van der Waals surface area contributed by atoms with E-state index in [1.54, 1.807) is 45.2 Å². The minimum atomic E-state index is -3.52. The minimum Gasteiger partial charge on any atom is -0.493 e. The second-order valence-corrected chi connectivity index (χ2v) is 7.25. The molecule has 8 nitrogen and oxygen atoms in total. The maximum atomic E-state index is 13.2. The Kier molecular flexibility index (Phi) is 4.11. The number of hydrogen-bond donors (Lipinski definition) is 2. The van der Waals surface area contributed by atoms with Gasteiger partial charge in [0.05, 0.1) is 17.6 Å². The van der Waals surface area contributed by atoms with Crippen LogP contribution in [0.2, 0.25) is 0 Å². The molecule has 2 aromatic rings. The van der Waals surface area contributed by atoms with Crippen molar-refractivity contribution in [3.05, 3.63) is 40.2 Å². The minimum absolute atomic E-state index is 0.0196. The number of rotatable bonds is 4. The van der Waals surface area contributed by atoms with Crippen molar-refractivity contribution in [1.82, 2.24) is 9.36 Å². The first-order valence-electron chi connectivity index (χ1n) is 7.63. The third-order valence-corrected chi connectivity index (χ3v) is 5.94. The summed E-state index contributed by atoms with van der Waals surface area (Å²) in [5.74, 6) is -0.189. The van der Waals surface area contributed by atoms with Crippen LogP contribution < -0.4 is 16.2 Å². The summed E-state index contributed by atoms with van der Waals surface area (Å²) in [5, 5.41) is 13.8. The number of benzene rings is 1. The maximum absolute atomic E-state index is 13.2. The van der Waals surface area contributed by atoms with E-state index in [-0.39, 0.29) is 23.9 Å². The SMILES string of the molecule is CCOP1(=O)N=C(c2c(O)n(C)n(CC)c2=O)Nc2ccccc21. The fraction of sp³-hybridized carbons (Fsp3) is 0.333. The highest BCUT2D eigenvalue weighted by Crippen LogP contribution is 2.51. The zero-order valence-electron chi connectivity index (χ0n) is 13.7. The standard InChI is InChI=1S/C15H19N4O4P/c1-4-19-15(21)12(14(20)18(19)3)13-16-10-8-6-7-9-11(10)24(22,17-13)23-5-2/h6-9,20H,4-5H2,1-3H3,(H,16,17,22). The summed E-state index contributed by atoms with van der Waals surface area (Å²) in [7, 11) is -1.95. The van der Waals surface area contributed by atoms with E-state index in [4.69, 9.17) is 4.52 Å². The first-order chi connectivity index (χ1) is 11.4. The summed E-state index contributed by atoms with van der Waals surface area (Å²) in [6.07, 6.45) is 0. The Labute approximate surface area is 138 Å². The van der Waals surface area contributed by atoms with Gasteiger partial charge in [0.15, 0.2) is 5.84 Å². The second-order valence-electron chi connectivity index (χ2n) is 5.27. The predicted molar refractivity (Wildman–Crippen MR) is 92.5 cm³/mol. The normalized spacial score (nSPS) is 19.5. The molecule has 24 heavy (non-hydrogen) atoms. The molecule has 9 heteroatoms. The van der Waals surface area contributed by atoms with E-state index in [9.17, 15) is 14.5 Å². The van der Waals surface area contributed by atoms with E-state index >= 15 is 0 Å². The van der Waals surface area contributed by atoms with Crippen molar-refractivity contribution in [2.45, 2.75) is 20.4 Å². The van der Waals surface area contributed by atoms with Crippen LogP contribution in [0.1, 0.15) is 19.4 Å². The monoisotopic (exact) mass is 350 g/mol. The Morgan fingerprint density at radius 1 is 1.33 bits per heavy atom. The van der Waals surface area contributed by atoms with Crippen molar-refractivity contribution in [3.8, 4) is 5.88 Å². The molecule has 0 aliphatic carbocycles. The molecule has 1 unspecified atom stereocenters. The molecular formula is C15H19N4O4P. The summed E-state index contributed by atoms with van der Waals surface area (Å²) in [4.78, 5) is 12.6. The molecule has 1 aromatic heterocycles. The van der Waals surface area contributed by atoms with E-state index in [1.807, 2.05) is 0 Å². The van der Waals surface area contributed by atoms with Gasteiger partial charge in [-0.25, -0.2) is 4.68 Å². The molecule has 0 saturated carbocycles. The molecule has 0 bridgehead atoms. The van der Waals surface area contributed by atoms with Crippen LogP contribution in [0, 0.1) is 0 Å². The number of para-hydroxylation sites is 1. The Balaban J connectivity index is 2.23. The zero-order valence-corrected chi connectivity index (χ0v) is 14.6. The number of anilines is 1. The molecule has 1 atom stereocenters. The lowest BCUT2D eigenvalue weighted by Crippen LogP contribution is -2.30. The Morgan fingerprint density at radius 3 is 2.67 bits per heavy atom. The van der Waals surface area contributed by atoms with Crippen molar-refractivity contribution in [2.24, 2.45) is 11.8 Å². The molecule has 0 amide bonds. The van der Waals surface area contributed by atoms with Crippen molar-refractivity contribution < 1.29 is 14.2 Å². The van der Waals surface area contributed by atoms with Gasteiger partial charge in [-0.1, -0.05) is 12.1 Å². The fourth-order valence-electron chi connectivity index (χ4n) is 2.75. The average Bonchev–Trinajstić information content (AvgIpc) is 2.76. The van der Waals surface area contributed by atoms with Crippen LogP contribution in [0.15, 0.2) is 33.8 Å². The van der Waals surface area contributed by atoms with Gasteiger partial charge in [0.25, 0.3) is 5.56 Å². The van der Waals surface area contributed by atoms with Gasteiger partial charge >= 0.3 is 7.52 Å². The van der Waals surface area contributed by atoms with Crippen LogP contribution in [0.3, 0.4) is 0 Å². The first-order valence-corrected chi connectivity index (χ1v) is 9.21. The summed E-state index contributed by atoms with van der Waals surface area (Å²) < 4.78 is 25.5. The number of nitrogens with zero attached hydrogens (tertiary/aromatic N) is 3. The molecule has 3 rings (SSSR count). The Bertz CT molecular complexity index is 928. The topological polar surface area (TPSA) is 97.8 Å². The van der Waals surface area contributed by atoms with Crippen molar-refractivity contribution in [3.63, 3.8) is 0 Å². The lowest BCUT2D eigenvalue weighted by atomic mass is 10.2. The molecule has 2 heterocycles. The third kappa shape index (κ3) is 2.39. The summed E-state index contributed by atoms with van der Waals surface area (Å²) in [6, 6.07) is 6.93. The van der Waals surface area contributed by atoms with Crippen LogP contribution in [-0.2, 0) is 22.7 Å². The molecule has 1 aliphatic rings. The molecule has 2 N–H and O–H groups in total. The molecular weight excluding hydrogens is 331 g/mol. The highest BCUT2D eigenvalue weighted by molar-refractivity contribution is 7.66.